The van der Waals surface area contributed by atoms with E-state index >= 15 is 0 Å². The zero-order valence-electron chi connectivity index (χ0n) is 14.4. The second-order valence-corrected chi connectivity index (χ2v) is 10.3. The summed E-state index contributed by atoms with van der Waals surface area (Å²) < 4.78 is 23.2. The smallest absolute Gasteiger partial charge is 0.251 e. The summed E-state index contributed by atoms with van der Waals surface area (Å²) in [4.78, 5) is 16.7. The zero-order chi connectivity index (χ0) is 18.0. The molecule has 6 nitrogen and oxygen atoms in total. The lowest BCUT2D eigenvalue weighted by Gasteiger charge is -2.10. The molecule has 136 valence electrons. The minimum absolute atomic E-state index is 0.00927. The molecule has 1 aromatic rings. The highest BCUT2D eigenvalue weighted by Crippen LogP contribution is 2.34. The Hall–Kier alpha value is -1.54. The molecule has 0 bridgehead atoms. The van der Waals surface area contributed by atoms with Crippen LogP contribution < -0.4 is 10.6 Å². The van der Waals surface area contributed by atoms with Gasteiger partial charge in [0.2, 0.25) is 0 Å². The number of sulfone groups is 1. The molecule has 2 atom stereocenters. The van der Waals surface area contributed by atoms with Gasteiger partial charge < -0.3 is 10.6 Å². The fourth-order valence-corrected chi connectivity index (χ4v) is 6.53. The van der Waals surface area contributed by atoms with Crippen molar-refractivity contribution in [1.82, 2.24) is 5.32 Å². The highest BCUT2D eigenvalue weighted by atomic mass is 32.2. The summed E-state index contributed by atoms with van der Waals surface area (Å²) in [6.07, 6.45) is 0.947. The fourth-order valence-electron chi connectivity index (χ4n) is 2.85. The average Bonchev–Trinajstić information content (AvgIpc) is 2.99. The number of thioether (sulfide) groups is 1. The normalized spacial score (nSPS) is 24.0. The Morgan fingerprint density at radius 2 is 2.16 bits per heavy atom. The molecular weight excluding hydrogens is 358 g/mol. The van der Waals surface area contributed by atoms with E-state index in [1.807, 2.05) is 12.1 Å². The summed E-state index contributed by atoms with van der Waals surface area (Å²) in [5.41, 5.74) is 1.38. The van der Waals surface area contributed by atoms with E-state index in [0.29, 0.717) is 18.0 Å². The maximum Gasteiger partial charge on any atom is 0.251 e. The van der Waals surface area contributed by atoms with E-state index in [2.05, 4.69) is 29.5 Å². The van der Waals surface area contributed by atoms with Crippen LogP contribution in [-0.4, -0.2) is 48.8 Å². The second-order valence-electron chi connectivity index (χ2n) is 6.88. The van der Waals surface area contributed by atoms with Gasteiger partial charge in [0.1, 0.15) is 0 Å². The van der Waals surface area contributed by atoms with Crippen LogP contribution in [0.5, 0.6) is 0 Å². The number of amidine groups is 1. The number of nitrogens with zero attached hydrogens (tertiary/aromatic N) is 1. The molecule has 0 saturated carbocycles. The van der Waals surface area contributed by atoms with Crippen molar-refractivity contribution in [1.29, 1.82) is 0 Å². The standard InChI is InChI=1S/C17H23N3O3S2/c1-11(2)6-7-18-16(21)12-4-3-5-13(8-12)19-17-20-14-9-25(22,23)10-15(14)24-17/h3-5,8,11,14-15H,6-7,9-10H2,1-2H3,(H,18,21)(H,19,20)/t14-,15-/m0/s1. The van der Waals surface area contributed by atoms with E-state index < -0.39 is 9.84 Å². The van der Waals surface area contributed by atoms with Crippen LogP contribution in [0, 0.1) is 5.92 Å². The van der Waals surface area contributed by atoms with Crippen molar-refractivity contribution in [3.63, 3.8) is 0 Å². The molecule has 3 rings (SSSR count). The topological polar surface area (TPSA) is 87.6 Å². The molecule has 0 aromatic heterocycles. The highest BCUT2D eigenvalue weighted by molar-refractivity contribution is 8.15. The Kier molecular flexibility index (Phi) is 5.38. The number of aliphatic imine (C=N–C) groups is 1. The number of anilines is 1. The summed E-state index contributed by atoms with van der Waals surface area (Å²) in [5.74, 6) is 0.783. The summed E-state index contributed by atoms with van der Waals surface area (Å²) in [6.45, 7) is 4.91. The summed E-state index contributed by atoms with van der Waals surface area (Å²) >= 11 is 1.47. The van der Waals surface area contributed by atoms with Gasteiger partial charge in [0.15, 0.2) is 15.0 Å². The minimum Gasteiger partial charge on any atom is -0.352 e. The summed E-state index contributed by atoms with van der Waals surface area (Å²) in [7, 11) is -2.94. The van der Waals surface area contributed by atoms with Gasteiger partial charge >= 0.3 is 0 Å². The van der Waals surface area contributed by atoms with Crippen LogP contribution in [0.3, 0.4) is 0 Å². The number of carbonyl (C=O) groups excluding carboxylic acids is 1. The number of hydrogen-bond acceptors (Lipinski definition) is 6. The number of carbonyl (C=O) groups is 1. The molecule has 2 aliphatic rings. The van der Waals surface area contributed by atoms with Crippen molar-refractivity contribution in [2.24, 2.45) is 10.9 Å². The van der Waals surface area contributed by atoms with Crippen LogP contribution in [0.1, 0.15) is 30.6 Å². The predicted octanol–water partition coefficient (Wildman–Crippen LogP) is 2.14. The van der Waals surface area contributed by atoms with Crippen molar-refractivity contribution in [3.05, 3.63) is 29.8 Å². The predicted molar refractivity (Wildman–Crippen MR) is 103 cm³/mol. The molecule has 1 aromatic carbocycles. The number of fused-ring (bicyclic) bond motifs is 1. The maximum atomic E-state index is 12.2. The van der Waals surface area contributed by atoms with Gasteiger partial charge in [-0.25, -0.2) is 8.42 Å². The molecule has 1 amide bonds. The molecule has 0 radical (unpaired) electrons. The Morgan fingerprint density at radius 3 is 2.88 bits per heavy atom. The molecular formula is C17H23N3O3S2. The lowest BCUT2D eigenvalue weighted by Crippen LogP contribution is -2.25. The number of hydrogen-bond donors (Lipinski definition) is 2. The van der Waals surface area contributed by atoms with E-state index in [9.17, 15) is 13.2 Å². The number of nitrogens with one attached hydrogen (secondary N) is 2. The monoisotopic (exact) mass is 381 g/mol. The lowest BCUT2D eigenvalue weighted by atomic mass is 10.1. The van der Waals surface area contributed by atoms with Crippen LogP contribution in [0.25, 0.3) is 0 Å². The molecule has 2 heterocycles. The van der Waals surface area contributed by atoms with Gasteiger partial charge in [0.25, 0.3) is 5.91 Å². The molecule has 8 heteroatoms. The molecule has 0 aliphatic carbocycles. The van der Waals surface area contributed by atoms with Gasteiger partial charge in [-0.3, -0.25) is 9.79 Å². The molecule has 0 spiro atoms. The van der Waals surface area contributed by atoms with Crippen molar-refractivity contribution < 1.29 is 13.2 Å². The Bertz CT molecular complexity index is 790. The number of benzene rings is 1. The molecule has 25 heavy (non-hydrogen) atoms. The molecule has 0 unspecified atom stereocenters. The van der Waals surface area contributed by atoms with Crippen LogP contribution >= 0.6 is 11.8 Å². The van der Waals surface area contributed by atoms with Crippen LogP contribution in [0.15, 0.2) is 29.3 Å². The van der Waals surface area contributed by atoms with Gasteiger partial charge in [0.05, 0.1) is 17.5 Å². The number of amides is 1. The zero-order valence-corrected chi connectivity index (χ0v) is 16.0. The molecule has 2 aliphatic heterocycles. The van der Waals surface area contributed by atoms with Gasteiger partial charge in [-0.2, -0.15) is 0 Å². The van der Waals surface area contributed by atoms with E-state index in [1.165, 1.54) is 11.8 Å². The van der Waals surface area contributed by atoms with Crippen molar-refractivity contribution >= 4 is 38.4 Å². The van der Waals surface area contributed by atoms with Crippen molar-refractivity contribution in [2.75, 3.05) is 23.4 Å². The first-order valence-electron chi connectivity index (χ1n) is 8.42. The average molecular weight is 382 g/mol. The van der Waals surface area contributed by atoms with E-state index in [4.69, 9.17) is 0 Å². The second kappa shape index (κ2) is 7.37. The third-order valence-corrected chi connectivity index (χ3v) is 7.34. The van der Waals surface area contributed by atoms with E-state index in [0.717, 1.165) is 17.3 Å². The third kappa shape index (κ3) is 4.76. The van der Waals surface area contributed by atoms with Crippen molar-refractivity contribution in [2.45, 2.75) is 31.6 Å². The van der Waals surface area contributed by atoms with Crippen LogP contribution in [-0.2, 0) is 9.84 Å². The Morgan fingerprint density at radius 1 is 1.36 bits per heavy atom. The Labute approximate surface area is 152 Å². The van der Waals surface area contributed by atoms with E-state index in [-0.39, 0.29) is 28.7 Å². The van der Waals surface area contributed by atoms with Crippen LogP contribution in [0.2, 0.25) is 0 Å². The van der Waals surface area contributed by atoms with Gasteiger partial charge in [-0.1, -0.05) is 31.7 Å². The maximum absolute atomic E-state index is 12.2. The minimum atomic E-state index is -2.94. The molecule has 2 N–H and O–H groups in total. The molecule has 1 fully saturated rings. The summed E-state index contributed by atoms with van der Waals surface area (Å²) in [5, 5.41) is 6.86. The van der Waals surface area contributed by atoms with Crippen LogP contribution in [0.4, 0.5) is 5.69 Å². The first-order valence-corrected chi connectivity index (χ1v) is 11.1. The third-order valence-electron chi connectivity index (χ3n) is 4.20. The SMILES string of the molecule is CC(C)CCNC(=O)c1cccc(NC2=N[C@H]3CS(=O)(=O)C[C@@H]3S2)c1. The first-order chi connectivity index (χ1) is 11.8. The lowest BCUT2D eigenvalue weighted by molar-refractivity contribution is 0.0952. The first kappa shape index (κ1) is 18.3. The number of rotatable bonds is 5. The largest absolute Gasteiger partial charge is 0.352 e. The van der Waals surface area contributed by atoms with E-state index in [1.54, 1.807) is 12.1 Å². The summed E-state index contributed by atoms with van der Waals surface area (Å²) in [6, 6.07) is 7.11. The Balaban J connectivity index is 1.60. The fraction of sp³-hybridized carbons (Fsp3) is 0.529. The van der Waals surface area contributed by atoms with Gasteiger partial charge in [-0.05, 0) is 30.5 Å². The highest BCUT2D eigenvalue weighted by Gasteiger charge is 2.42. The molecule has 1 saturated heterocycles. The van der Waals surface area contributed by atoms with Crippen molar-refractivity contribution in [3.8, 4) is 0 Å². The van der Waals surface area contributed by atoms with Gasteiger partial charge in [0, 0.05) is 23.0 Å². The van der Waals surface area contributed by atoms with Gasteiger partial charge in [-0.15, -0.1) is 0 Å². The quantitative estimate of drug-likeness (QED) is 0.816.